The van der Waals surface area contributed by atoms with Gasteiger partial charge in [0, 0.05) is 41.7 Å². The third-order valence-corrected chi connectivity index (χ3v) is 6.61. The van der Waals surface area contributed by atoms with Crippen molar-refractivity contribution in [3.05, 3.63) is 40.3 Å². The summed E-state index contributed by atoms with van der Waals surface area (Å²) >= 11 is 1.79. The minimum absolute atomic E-state index is 0.106. The highest BCUT2D eigenvalue weighted by Gasteiger charge is 2.21. The minimum Gasteiger partial charge on any atom is -0.384 e. The number of thiazole rings is 1. The van der Waals surface area contributed by atoms with Crippen LogP contribution in [0.4, 0.5) is 0 Å². The highest BCUT2D eigenvalue weighted by molar-refractivity contribution is 7.09. The Balaban J connectivity index is 1.81. The summed E-state index contributed by atoms with van der Waals surface area (Å²) < 4.78 is 7.80. The summed E-state index contributed by atoms with van der Waals surface area (Å²) in [5.41, 5.74) is 10.7. The van der Waals surface area contributed by atoms with Gasteiger partial charge in [0.2, 0.25) is 0 Å². The lowest BCUT2D eigenvalue weighted by molar-refractivity contribution is 0.105. The standard InChI is InChI=1S/C25H37N3OS/c1-5-28-16-20(15-25(2,3)18-29-4)21-14-19(11-12-23(21)28)22-17-30-24(27-22)10-8-6-7-9-13-26/h11-12,14,16-17H,5-10,13,15,18,26H2,1-4H3. The van der Waals surface area contributed by atoms with Crippen molar-refractivity contribution in [1.82, 2.24) is 9.55 Å². The van der Waals surface area contributed by atoms with Crippen molar-refractivity contribution in [2.45, 2.75) is 65.8 Å². The maximum Gasteiger partial charge on any atom is 0.0932 e. The van der Waals surface area contributed by atoms with Gasteiger partial charge < -0.3 is 15.0 Å². The Morgan fingerprint density at radius 3 is 2.70 bits per heavy atom. The Morgan fingerprint density at radius 2 is 1.97 bits per heavy atom. The first-order chi connectivity index (χ1) is 14.5. The van der Waals surface area contributed by atoms with Gasteiger partial charge in [-0.15, -0.1) is 11.3 Å². The van der Waals surface area contributed by atoms with Gasteiger partial charge in [-0.3, -0.25) is 0 Å². The largest absolute Gasteiger partial charge is 0.384 e. The fourth-order valence-corrected chi connectivity index (χ4v) is 5.07. The molecule has 2 aromatic heterocycles. The molecule has 0 aliphatic heterocycles. The zero-order chi connectivity index (χ0) is 21.6. The van der Waals surface area contributed by atoms with E-state index in [0.29, 0.717) is 0 Å². The van der Waals surface area contributed by atoms with E-state index >= 15 is 0 Å². The van der Waals surface area contributed by atoms with Gasteiger partial charge in [-0.1, -0.05) is 32.8 Å². The van der Waals surface area contributed by atoms with E-state index in [2.05, 4.69) is 55.1 Å². The first-order valence-corrected chi connectivity index (χ1v) is 12.1. The Morgan fingerprint density at radius 1 is 1.17 bits per heavy atom. The number of nitrogens with two attached hydrogens (primary N) is 1. The highest BCUT2D eigenvalue weighted by atomic mass is 32.1. The zero-order valence-corrected chi connectivity index (χ0v) is 19.9. The molecule has 164 valence electrons. The van der Waals surface area contributed by atoms with E-state index in [1.165, 1.54) is 46.3 Å². The molecule has 30 heavy (non-hydrogen) atoms. The Bertz CT molecular complexity index is 941. The number of aromatic nitrogens is 2. The van der Waals surface area contributed by atoms with Crippen LogP contribution in [0.5, 0.6) is 0 Å². The van der Waals surface area contributed by atoms with Crippen LogP contribution in [0.2, 0.25) is 0 Å². The smallest absolute Gasteiger partial charge is 0.0932 e. The third-order valence-electron chi connectivity index (χ3n) is 5.70. The number of aryl methyl sites for hydroxylation is 2. The van der Waals surface area contributed by atoms with Gasteiger partial charge in [-0.05, 0) is 62.3 Å². The average Bonchev–Trinajstić information content (AvgIpc) is 3.32. The lowest BCUT2D eigenvalue weighted by Crippen LogP contribution is -2.21. The molecule has 0 radical (unpaired) electrons. The second-order valence-electron chi connectivity index (χ2n) is 9.03. The van der Waals surface area contributed by atoms with Gasteiger partial charge in [0.15, 0.2) is 0 Å². The highest BCUT2D eigenvalue weighted by Crippen LogP contribution is 2.33. The number of nitrogens with zero attached hydrogens (tertiary/aromatic N) is 2. The number of hydrogen-bond acceptors (Lipinski definition) is 4. The van der Waals surface area contributed by atoms with E-state index in [1.54, 1.807) is 18.4 Å². The van der Waals surface area contributed by atoms with Crippen LogP contribution in [-0.2, 0) is 24.1 Å². The molecule has 0 spiro atoms. The monoisotopic (exact) mass is 427 g/mol. The summed E-state index contributed by atoms with van der Waals surface area (Å²) in [6, 6.07) is 6.81. The van der Waals surface area contributed by atoms with E-state index in [0.717, 1.165) is 44.7 Å². The third kappa shape index (κ3) is 5.71. The minimum atomic E-state index is 0.106. The number of benzene rings is 1. The molecule has 0 aliphatic rings. The maximum absolute atomic E-state index is 5.58. The van der Waals surface area contributed by atoms with Gasteiger partial charge in [0.1, 0.15) is 0 Å². The predicted molar refractivity (Wildman–Crippen MR) is 129 cm³/mol. The molecule has 3 aromatic rings. The predicted octanol–water partition coefficient (Wildman–Crippen LogP) is 6.06. The SMILES string of the molecule is CCn1cc(CC(C)(C)COC)c2cc(-c3csc(CCCCCCN)n3)ccc21. The number of hydrogen-bond donors (Lipinski definition) is 1. The van der Waals surface area contributed by atoms with E-state index < -0.39 is 0 Å². The number of rotatable bonds is 12. The second kappa shape index (κ2) is 10.6. The number of unbranched alkanes of at least 4 members (excludes halogenated alkanes) is 3. The lowest BCUT2D eigenvalue weighted by atomic mass is 9.86. The summed E-state index contributed by atoms with van der Waals surface area (Å²) in [5, 5.41) is 4.79. The lowest BCUT2D eigenvalue weighted by Gasteiger charge is -2.23. The molecule has 4 nitrogen and oxygen atoms in total. The molecule has 0 bridgehead atoms. The number of ether oxygens (including phenoxy) is 1. The van der Waals surface area contributed by atoms with Crippen LogP contribution in [0.1, 0.15) is 57.0 Å². The topological polar surface area (TPSA) is 53.1 Å². The van der Waals surface area contributed by atoms with E-state index in [1.807, 2.05) is 0 Å². The molecule has 0 amide bonds. The first-order valence-electron chi connectivity index (χ1n) is 11.2. The number of methoxy groups -OCH3 is 1. The molecule has 0 saturated carbocycles. The van der Waals surface area contributed by atoms with Crippen LogP contribution in [0, 0.1) is 5.41 Å². The normalized spacial score (nSPS) is 12.2. The van der Waals surface area contributed by atoms with Gasteiger partial charge in [-0.25, -0.2) is 4.98 Å². The molecule has 0 saturated heterocycles. The fourth-order valence-electron chi connectivity index (χ4n) is 4.22. The van der Waals surface area contributed by atoms with Gasteiger partial charge in [0.05, 0.1) is 17.3 Å². The molecular weight excluding hydrogens is 390 g/mol. The maximum atomic E-state index is 5.58. The number of fused-ring (bicyclic) bond motifs is 1. The summed E-state index contributed by atoms with van der Waals surface area (Å²) in [4.78, 5) is 4.93. The van der Waals surface area contributed by atoms with Gasteiger partial charge >= 0.3 is 0 Å². The van der Waals surface area contributed by atoms with Crippen LogP contribution in [0.25, 0.3) is 22.2 Å². The van der Waals surface area contributed by atoms with Gasteiger partial charge in [-0.2, -0.15) is 0 Å². The second-order valence-corrected chi connectivity index (χ2v) is 9.97. The summed E-state index contributed by atoms with van der Waals surface area (Å²) in [6.07, 6.45) is 9.18. The van der Waals surface area contributed by atoms with Crippen molar-refractivity contribution >= 4 is 22.2 Å². The summed E-state index contributed by atoms with van der Waals surface area (Å²) in [6.45, 7) is 9.29. The van der Waals surface area contributed by atoms with Crippen LogP contribution < -0.4 is 5.73 Å². The fraction of sp³-hybridized carbons (Fsp3) is 0.560. The van der Waals surface area contributed by atoms with Crippen LogP contribution in [0.3, 0.4) is 0 Å². The molecule has 0 unspecified atom stereocenters. The average molecular weight is 428 g/mol. The molecule has 2 heterocycles. The van der Waals surface area contributed by atoms with Crippen molar-refractivity contribution in [2.75, 3.05) is 20.3 Å². The molecule has 1 aromatic carbocycles. The summed E-state index contributed by atoms with van der Waals surface area (Å²) in [5.74, 6) is 0. The molecule has 0 atom stereocenters. The quantitative estimate of drug-likeness (QED) is 0.357. The van der Waals surface area contributed by atoms with Crippen molar-refractivity contribution in [1.29, 1.82) is 0 Å². The molecule has 0 aliphatic carbocycles. The summed E-state index contributed by atoms with van der Waals surface area (Å²) in [7, 11) is 1.78. The van der Waals surface area contributed by atoms with Crippen molar-refractivity contribution in [2.24, 2.45) is 11.1 Å². The Hall–Kier alpha value is -1.69. The zero-order valence-electron chi connectivity index (χ0n) is 19.0. The molecule has 3 rings (SSSR count). The molecular formula is C25H37N3OS. The van der Waals surface area contributed by atoms with Gasteiger partial charge in [0.25, 0.3) is 0 Å². The molecule has 2 N–H and O–H groups in total. The van der Waals surface area contributed by atoms with Crippen molar-refractivity contribution < 1.29 is 4.74 Å². The van der Waals surface area contributed by atoms with Crippen LogP contribution >= 0.6 is 11.3 Å². The Labute approximate surface area is 185 Å². The van der Waals surface area contributed by atoms with Crippen LogP contribution in [0.15, 0.2) is 29.8 Å². The van der Waals surface area contributed by atoms with Crippen LogP contribution in [-0.4, -0.2) is 29.8 Å². The van der Waals surface area contributed by atoms with E-state index in [-0.39, 0.29) is 5.41 Å². The van der Waals surface area contributed by atoms with E-state index in [9.17, 15) is 0 Å². The van der Waals surface area contributed by atoms with E-state index in [4.69, 9.17) is 15.5 Å². The first kappa shape index (κ1) is 23.0. The van der Waals surface area contributed by atoms with Crippen molar-refractivity contribution in [3.63, 3.8) is 0 Å². The van der Waals surface area contributed by atoms with Crippen molar-refractivity contribution in [3.8, 4) is 11.3 Å². The Kier molecular flexibility index (Phi) is 8.09. The molecule has 0 fully saturated rings. The molecule has 5 heteroatoms.